The smallest absolute Gasteiger partial charge is 0.326 e. The minimum Gasteiger partial charge on any atom is -0.505 e. The molecule has 0 spiro atoms. The molecule has 102 valence electrons. The van der Waals surface area contributed by atoms with Gasteiger partial charge in [0.2, 0.25) is 0 Å². The normalized spacial score (nSPS) is 19.8. The molecule has 1 unspecified atom stereocenters. The minimum atomic E-state index is -1.01. The van der Waals surface area contributed by atoms with Crippen LogP contribution in [0.1, 0.15) is 36.2 Å². The van der Waals surface area contributed by atoms with E-state index in [0.29, 0.717) is 13.0 Å². The number of aliphatic carboxylic acids is 1. The molecule has 6 heteroatoms. The van der Waals surface area contributed by atoms with Crippen LogP contribution >= 0.6 is 0 Å². The molecule has 0 saturated carbocycles. The van der Waals surface area contributed by atoms with Gasteiger partial charge in [0.05, 0.1) is 0 Å². The molecule has 1 aliphatic rings. The number of carbonyl (C=O) groups is 2. The summed E-state index contributed by atoms with van der Waals surface area (Å²) in [5.74, 6) is -1.75. The van der Waals surface area contributed by atoms with Gasteiger partial charge < -0.3 is 15.1 Å². The first-order valence-electron chi connectivity index (χ1n) is 6.29. The number of carboxylic acid groups (broad SMARTS) is 1. The van der Waals surface area contributed by atoms with Gasteiger partial charge in [-0.15, -0.1) is 0 Å². The fourth-order valence-corrected chi connectivity index (χ4v) is 2.31. The third kappa shape index (κ3) is 2.83. The molecule has 0 bridgehead atoms. The first-order chi connectivity index (χ1) is 9.11. The Morgan fingerprint density at radius 3 is 2.79 bits per heavy atom. The Morgan fingerprint density at radius 1 is 1.32 bits per heavy atom. The van der Waals surface area contributed by atoms with Gasteiger partial charge in [0.1, 0.15) is 11.8 Å². The summed E-state index contributed by atoms with van der Waals surface area (Å²) in [6.45, 7) is 0.381. The van der Waals surface area contributed by atoms with Crippen LogP contribution in [0.2, 0.25) is 0 Å². The predicted molar refractivity (Wildman–Crippen MR) is 66.8 cm³/mol. The molecule has 1 aliphatic heterocycles. The highest BCUT2D eigenvalue weighted by Crippen LogP contribution is 2.22. The SMILES string of the molecule is O=C(O)C1CCCCCN1C(=O)c1ncccc1O. The Labute approximate surface area is 110 Å². The zero-order valence-corrected chi connectivity index (χ0v) is 10.5. The maximum absolute atomic E-state index is 12.3. The summed E-state index contributed by atoms with van der Waals surface area (Å²) in [5, 5.41) is 18.9. The van der Waals surface area contributed by atoms with E-state index in [0.717, 1.165) is 19.3 Å². The third-order valence-corrected chi connectivity index (χ3v) is 3.29. The number of likely N-dealkylation sites (tertiary alicyclic amines) is 1. The number of aromatic hydroxyl groups is 1. The van der Waals surface area contributed by atoms with Crippen molar-refractivity contribution in [2.24, 2.45) is 0 Å². The number of hydrogen-bond donors (Lipinski definition) is 2. The van der Waals surface area contributed by atoms with Crippen molar-refractivity contribution in [3.05, 3.63) is 24.0 Å². The zero-order chi connectivity index (χ0) is 13.8. The summed E-state index contributed by atoms with van der Waals surface area (Å²) < 4.78 is 0. The molecule has 2 rings (SSSR count). The van der Waals surface area contributed by atoms with E-state index in [2.05, 4.69) is 4.98 Å². The van der Waals surface area contributed by atoms with E-state index in [-0.39, 0.29) is 11.4 Å². The molecule has 1 atom stereocenters. The molecule has 2 heterocycles. The second-order valence-corrected chi connectivity index (χ2v) is 4.57. The van der Waals surface area contributed by atoms with E-state index in [1.807, 2.05) is 0 Å². The van der Waals surface area contributed by atoms with Crippen molar-refractivity contribution < 1.29 is 19.8 Å². The summed E-state index contributed by atoms with van der Waals surface area (Å²) in [6, 6.07) is 2.05. The van der Waals surface area contributed by atoms with Gasteiger partial charge in [-0.3, -0.25) is 4.79 Å². The third-order valence-electron chi connectivity index (χ3n) is 3.29. The lowest BCUT2D eigenvalue weighted by molar-refractivity contribution is -0.142. The first kappa shape index (κ1) is 13.3. The number of nitrogens with zero attached hydrogens (tertiary/aromatic N) is 2. The zero-order valence-electron chi connectivity index (χ0n) is 10.5. The Balaban J connectivity index is 2.29. The van der Waals surface area contributed by atoms with Crippen molar-refractivity contribution in [1.29, 1.82) is 0 Å². The molecule has 0 aliphatic carbocycles. The van der Waals surface area contributed by atoms with Gasteiger partial charge >= 0.3 is 5.97 Å². The molecule has 19 heavy (non-hydrogen) atoms. The van der Waals surface area contributed by atoms with Crippen LogP contribution in [0.3, 0.4) is 0 Å². The largest absolute Gasteiger partial charge is 0.505 e. The molecule has 0 radical (unpaired) electrons. The van der Waals surface area contributed by atoms with Gasteiger partial charge in [0, 0.05) is 12.7 Å². The summed E-state index contributed by atoms with van der Waals surface area (Å²) in [6.07, 6.45) is 4.30. The van der Waals surface area contributed by atoms with Gasteiger partial charge in [-0.25, -0.2) is 9.78 Å². The van der Waals surface area contributed by atoms with Crippen LogP contribution in [0.25, 0.3) is 0 Å². The van der Waals surface area contributed by atoms with Crippen LogP contribution in [-0.4, -0.2) is 44.6 Å². The van der Waals surface area contributed by atoms with Crippen molar-refractivity contribution in [3.63, 3.8) is 0 Å². The maximum Gasteiger partial charge on any atom is 0.326 e. The number of carbonyl (C=O) groups excluding carboxylic acids is 1. The molecular formula is C13H16N2O4. The summed E-state index contributed by atoms with van der Waals surface area (Å²) in [4.78, 5) is 28.7. The van der Waals surface area contributed by atoms with Gasteiger partial charge in [0.25, 0.3) is 5.91 Å². The van der Waals surface area contributed by atoms with Crippen LogP contribution in [0, 0.1) is 0 Å². The van der Waals surface area contributed by atoms with Crippen LogP contribution in [0.5, 0.6) is 5.75 Å². The highest BCUT2D eigenvalue weighted by molar-refractivity contribution is 5.97. The minimum absolute atomic E-state index is 0.0874. The molecule has 1 fully saturated rings. The second-order valence-electron chi connectivity index (χ2n) is 4.57. The van der Waals surface area contributed by atoms with E-state index in [1.165, 1.54) is 23.2 Å². The van der Waals surface area contributed by atoms with Gasteiger partial charge in [-0.1, -0.05) is 12.8 Å². The lowest BCUT2D eigenvalue weighted by Gasteiger charge is -2.26. The summed E-state index contributed by atoms with van der Waals surface area (Å²) in [7, 11) is 0. The highest BCUT2D eigenvalue weighted by atomic mass is 16.4. The monoisotopic (exact) mass is 264 g/mol. The summed E-state index contributed by atoms with van der Waals surface area (Å²) in [5.41, 5.74) is -0.0874. The summed E-state index contributed by atoms with van der Waals surface area (Å²) >= 11 is 0. The fraction of sp³-hybridized carbons (Fsp3) is 0.462. The van der Waals surface area contributed by atoms with E-state index in [9.17, 15) is 19.8 Å². The predicted octanol–water partition coefficient (Wildman–Crippen LogP) is 1.26. The number of carboxylic acids is 1. The molecule has 0 aromatic carbocycles. The van der Waals surface area contributed by atoms with E-state index < -0.39 is 17.9 Å². The quantitative estimate of drug-likeness (QED) is 0.839. The van der Waals surface area contributed by atoms with Gasteiger partial charge in [-0.05, 0) is 25.0 Å². The van der Waals surface area contributed by atoms with Crippen molar-refractivity contribution in [2.75, 3.05) is 6.54 Å². The Morgan fingerprint density at radius 2 is 2.11 bits per heavy atom. The maximum atomic E-state index is 12.3. The van der Waals surface area contributed by atoms with Gasteiger partial charge in [0.15, 0.2) is 5.69 Å². The molecule has 2 N–H and O–H groups in total. The average molecular weight is 264 g/mol. The lowest BCUT2D eigenvalue weighted by Crippen LogP contribution is -2.44. The van der Waals surface area contributed by atoms with Crippen LogP contribution in [0.15, 0.2) is 18.3 Å². The molecule has 1 aromatic rings. The van der Waals surface area contributed by atoms with E-state index in [1.54, 1.807) is 0 Å². The van der Waals surface area contributed by atoms with Crippen molar-refractivity contribution in [3.8, 4) is 5.75 Å². The second kappa shape index (κ2) is 5.69. The Hall–Kier alpha value is -2.11. The van der Waals surface area contributed by atoms with Crippen molar-refractivity contribution in [1.82, 2.24) is 9.88 Å². The average Bonchev–Trinajstić information content (AvgIpc) is 2.64. The van der Waals surface area contributed by atoms with E-state index in [4.69, 9.17) is 0 Å². The number of hydrogen-bond acceptors (Lipinski definition) is 4. The standard InChI is InChI=1S/C13H16N2O4/c16-10-6-4-7-14-11(10)12(17)15-8-3-1-2-5-9(15)13(18)19/h4,6-7,9,16H,1-3,5,8H2,(H,18,19). The highest BCUT2D eigenvalue weighted by Gasteiger charge is 2.32. The number of amides is 1. The first-order valence-corrected chi connectivity index (χ1v) is 6.29. The Bertz CT molecular complexity index is 489. The van der Waals surface area contributed by atoms with Crippen LogP contribution < -0.4 is 0 Å². The Kier molecular flexibility index (Phi) is 3.99. The molecule has 1 aromatic heterocycles. The molecule has 1 amide bonds. The molecule has 1 saturated heterocycles. The molecule has 6 nitrogen and oxygen atoms in total. The van der Waals surface area contributed by atoms with Crippen LogP contribution in [0.4, 0.5) is 0 Å². The van der Waals surface area contributed by atoms with Crippen LogP contribution in [-0.2, 0) is 4.79 Å². The fourth-order valence-electron chi connectivity index (χ4n) is 2.31. The lowest BCUT2D eigenvalue weighted by atomic mass is 10.1. The van der Waals surface area contributed by atoms with E-state index >= 15 is 0 Å². The number of rotatable bonds is 2. The molecular weight excluding hydrogens is 248 g/mol. The number of aromatic nitrogens is 1. The number of pyridine rings is 1. The van der Waals surface area contributed by atoms with Crippen molar-refractivity contribution in [2.45, 2.75) is 31.7 Å². The topological polar surface area (TPSA) is 90.7 Å². The van der Waals surface area contributed by atoms with Crippen molar-refractivity contribution >= 4 is 11.9 Å². The van der Waals surface area contributed by atoms with Gasteiger partial charge in [-0.2, -0.15) is 0 Å².